The average Bonchev–Trinajstić information content (AvgIpc) is 2.71. The fraction of sp³-hybridized carbons (Fsp3) is 0.300. The normalized spacial score (nSPS) is 24.6. The summed E-state index contributed by atoms with van der Waals surface area (Å²) in [6.07, 6.45) is 0. The van der Waals surface area contributed by atoms with Gasteiger partial charge in [-0.3, -0.25) is 10.1 Å². The smallest absolute Gasteiger partial charge is 0.321 e. The van der Waals surface area contributed by atoms with E-state index >= 15 is 0 Å². The van der Waals surface area contributed by atoms with Gasteiger partial charge in [-0.25, -0.2) is 8.78 Å². The van der Waals surface area contributed by atoms with Gasteiger partial charge in [0, 0.05) is 11.3 Å². The monoisotopic (exact) mass is 245 g/mol. The van der Waals surface area contributed by atoms with E-state index in [0.717, 1.165) is 6.07 Å². The number of carboxylic acids is 1. The molecule has 6 heteroatoms. The molecule has 0 aliphatic carbocycles. The molecule has 1 saturated heterocycles. The third kappa shape index (κ3) is 2.03. The molecule has 1 fully saturated rings. The van der Waals surface area contributed by atoms with Gasteiger partial charge in [-0.15, -0.1) is 11.8 Å². The van der Waals surface area contributed by atoms with Crippen molar-refractivity contribution in [1.82, 2.24) is 5.32 Å². The van der Waals surface area contributed by atoms with Crippen LogP contribution < -0.4 is 5.32 Å². The van der Waals surface area contributed by atoms with Crippen LogP contribution in [0.1, 0.15) is 10.9 Å². The van der Waals surface area contributed by atoms with Crippen molar-refractivity contribution in [1.29, 1.82) is 0 Å². The first-order valence-corrected chi connectivity index (χ1v) is 5.69. The van der Waals surface area contributed by atoms with Crippen molar-refractivity contribution in [3.8, 4) is 0 Å². The number of carbonyl (C=O) groups is 1. The van der Waals surface area contributed by atoms with Crippen LogP contribution in [-0.2, 0) is 4.79 Å². The Morgan fingerprint density at radius 2 is 2.25 bits per heavy atom. The molecule has 3 nitrogen and oxygen atoms in total. The van der Waals surface area contributed by atoms with E-state index in [-0.39, 0.29) is 5.56 Å². The number of rotatable bonds is 2. The number of thioether (sulfide) groups is 1. The highest BCUT2D eigenvalue weighted by molar-refractivity contribution is 7.99. The molecule has 0 aromatic heterocycles. The van der Waals surface area contributed by atoms with Crippen molar-refractivity contribution >= 4 is 17.7 Å². The van der Waals surface area contributed by atoms with Crippen molar-refractivity contribution < 1.29 is 18.7 Å². The average molecular weight is 245 g/mol. The molecule has 2 N–H and O–H groups in total. The Morgan fingerprint density at radius 1 is 1.50 bits per heavy atom. The van der Waals surface area contributed by atoms with Gasteiger partial charge in [0.25, 0.3) is 0 Å². The molecule has 1 aliphatic rings. The molecule has 1 unspecified atom stereocenters. The summed E-state index contributed by atoms with van der Waals surface area (Å²) in [4.78, 5) is 10.7. The second kappa shape index (κ2) is 4.39. The van der Waals surface area contributed by atoms with Gasteiger partial charge in [0.05, 0.1) is 5.37 Å². The molecule has 86 valence electrons. The Balaban J connectivity index is 2.21. The number of carboxylic acid groups (broad SMARTS) is 1. The van der Waals surface area contributed by atoms with Gasteiger partial charge < -0.3 is 5.11 Å². The fourth-order valence-electron chi connectivity index (χ4n) is 1.52. The number of benzene rings is 1. The highest BCUT2D eigenvalue weighted by Crippen LogP contribution is 2.34. The minimum absolute atomic E-state index is 0.161. The van der Waals surface area contributed by atoms with Crippen molar-refractivity contribution in [3.63, 3.8) is 0 Å². The Morgan fingerprint density at radius 3 is 2.88 bits per heavy atom. The van der Waals surface area contributed by atoms with Crippen molar-refractivity contribution in [2.24, 2.45) is 0 Å². The maximum absolute atomic E-state index is 13.4. The van der Waals surface area contributed by atoms with Gasteiger partial charge in [0.1, 0.15) is 6.04 Å². The first-order chi connectivity index (χ1) is 7.59. The van der Waals surface area contributed by atoms with Crippen molar-refractivity contribution in [3.05, 3.63) is 35.4 Å². The first kappa shape index (κ1) is 11.3. The first-order valence-electron chi connectivity index (χ1n) is 4.64. The fourth-order valence-corrected chi connectivity index (χ4v) is 2.76. The molecule has 0 bridgehead atoms. The molecule has 0 spiro atoms. The van der Waals surface area contributed by atoms with Gasteiger partial charge in [-0.2, -0.15) is 0 Å². The van der Waals surface area contributed by atoms with Crippen LogP contribution in [0.15, 0.2) is 18.2 Å². The van der Waals surface area contributed by atoms with Gasteiger partial charge in [0.15, 0.2) is 11.6 Å². The van der Waals surface area contributed by atoms with Crippen LogP contribution in [0.25, 0.3) is 0 Å². The van der Waals surface area contributed by atoms with E-state index in [0.29, 0.717) is 5.75 Å². The van der Waals surface area contributed by atoms with Crippen LogP contribution in [0, 0.1) is 11.6 Å². The van der Waals surface area contributed by atoms with E-state index in [4.69, 9.17) is 5.11 Å². The molecule has 1 aliphatic heterocycles. The van der Waals surface area contributed by atoms with Crippen LogP contribution in [0.5, 0.6) is 0 Å². The van der Waals surface area contributed by atoms with E-state index in [1.807, 2.05) is 0 Å². The molecule has 1 heterocycles. The molecule has 0 amide bonds. The lowest BCUT2D eigenvalue weighted by Crippen LogP contribution is -2.33. The molecule has 0 saturated carbocycles. The third-order valence-corrected chi connectivity index (χ3v) is 3.59. The number of aliphatic carboxylic acids is 1. The quantitative estimate of drug-likeness (QED) is 0.833. The van der Waals surface area contributed by atoms with Gasteiger partial charge in [-0.05, 0) is 6.07 Å². The minimum atomic E-state index is -0.980. The highest BCUT2D eigenvalue weighted by Gasteiger charge is 2.32. The lowest BCUT2D eigenvalue weighted by Gasteiger charge is -2.12. The number of nitrogens with one attached hydrogen (secondary N) is 1. The SMILES string of the molecule is O=C(O)[C@H]1CSC(c2cccc(F)c2F)N1. The third-order valence-electron chi connectivity index (χ3n) is 2.34. The largest absolute Gasteiger partial charge is 0.480 e. The zero-order valence-electron chi connectivity index (χ0n) is 8.11. The Hall–Kier alpha value is -1.14. The van der Waals surface area contributed by atoms with E-state index in [2.05, 4.69) is 5.32 Å². The summed E-state index contributed by atoms with van der Waals surface area (Å²) in [6.45, 7) is 0. The second-order valence-corrected chi connectivity index (χ2v) is 4.55. The summed E-state index contributed by atoms with van der Waals surface area (Å²) in [5.74, 6) is -2.47. The van der Waals surface area contributed by atoms with Crippen LogP contribution in [0.3, 0.4) is 0 Å². The lowest BCUT2D eigenvalue weighted by molar-refractivity contribution is -0.138. The Labute approximate surface area is 94.8 Å². The number of hydrogen-bond acceptors (Lipinski definition) is 3. The van der Waals surface area contributed by atoms with Gasteiger partial charge in [0.2, 0.25) is 0 Å². The molecule has 1 aromatic rings. The van der Waals surface area contributed by atoms with Gasteiger partial charge >= 0.3 is 5.97 Å². The standard InChI is InChI=1S/C10H9F2NO2S/c11-6-3-1-2-5(8(6)12)9-13-7(4-16-9)10(14)15/h1-3,7,9,13H,4H2,(H,14,15)/t7-,9?/m1/s1. The van der Waals surface area contributed by atoms with Crippen molar-refractivity contribution in [2.75, 3.05) is 5.75 Å². The highest BCUT2D eigenvalue weighted by atomic mass is 32.2. The topological polar surface area (TPSA) is 49.3 Å². The summed E-state index contributed by atoms with van der Waals surface area (Å²) in [7, 11) is 0. The predicted molar refractivity (Wildman–Crippen MR) is 56.1 cm³/mol. The van der Waals surface area contributed by atoms with Crippen molar-refractivity contribution in [2.45, 2.75) is 11.4 Å². The summed E-state index contributed by atoms with van der Waals surface area (Å²) in [5.41, 5.74) is 0.161. The second-order valence-electron chi connectivity index (χ2n) is 3.41. The summed E-state index contributed by atoms with van der Waals surface area (Å²) in [6, 6.07) is 3.18. The zero-order chi connectivity index (χ0) is 11.7. The zero-order valence-corrected chi connectivity index (χ0v) is 8.93. The van der Waals surface area contributed by atoms with E-state index < -0.39 is 29.0 Å². The number of hydrogen-bond donors (Lipinski definition) is 2. The van der Waals surface area contributed by atoms with Crippen LogP contribution >= 0.6 is 11.8 Å². The molecular formula is C10H9F2NO2S. The van der Waals surface area contributed by atoms with Crippen LogP contribution in [0.4, 0.5) is 8.78 Å². The molecule has 2 atom stereocenters. The van der Waals surface area contributed by atoms with E-state index in [9.17, 15) is 13.6 Å². The molecule has 16 heavy (non-hydrogen) atoms. The lowest BCUT2D eigenvalue weighted by atomic mass is 10.2. The Kier molecular flexibility index (Phi) is 3.11. The summed E-state index contributed by atoms with van der Waals surface area (Å²) < 4.78 is 26.4. The molecule has 1 aromatic carbocycles. The maximum Gasteiger partial charge on any atom is 0.321 e. The van der Waals surface area contributed by atoms with E-state index in [1.54, 1.807) is 0 Å². The maximum atomic E-state index is 13.4. The predicted octanol–water partition coefficient (Wildman–Crippen LogP) is 1.75. The molecular weight excluding hydrogens is 236 g/mol. The summed E-state index contributed by atoms with van der Waals surface area (Å²) in [5, 5.41) is 11.0. The van der Waals surface area contributed by atoms with Crippen LogP contribution in [0.2, 0.25) is 0 Å². The summed E-state index contributed by atoms with van der Waals surface area (Å²) >= 11 is 1.26. The Bertz CT molecular complexity index is 427. The van der Waals surface area contributed by atoms with Crippen LogP contribution in [-0.4, -0.2) is 22.9 Å². The molecule has 2 rings (SSSR count). The van der Waals surface area contributed by atoms with Gasteiger partial charge in [-0.1, -0.05) is 12.1 Å². The number of halogens is 2. The minimum Gasteiger partial charge on any atom is -0.480 e. The van der Waals surface area contributed by atoms with E-state index in [1.165, 1.54) is 23.9 Å². The molecule has 0 radical (unpaired) electrons.